The van der Waals surface area contributed by atoms with Crippen molar-refractivity contribution in [2.24, 2.45) is 5.10 Å². The summed E-state index contributed by atoms with van der Waals surface area (Å²) >= 11 is 12.1. The SMILES string of the molecule is CCOc1cc(/C=N/NC(=O)CN(c2ccc(Cl)cc2)S(=O)(=O)c2ccc(OC)cc2)ccc1OCc1cccc(Cl)c1. The summed E-state index contributed by atoms with van der Waals surface area (Å²) in [7, 11) is -2.64. The van der Waals surface area contributed by atoms with E-state index in [4.69, 9.17) is 37.4 Å². The number of carbonyl (C=O) groups excluding carboxylic acids is 1. The van der Waals surface area contributed by atoms with E-state index in [1.165, 1.54) is 49.7 Å². The number of ether oxygens (including phenoxy) is 3. The summed E-state index contributed by atoms with van der Waals surface area (Å²) in [5.74, 6) is 0.872. The van der Waals surface area contributed by atoms with Crippen molar-refractivity contribution in [2.75, 3.05) is 24.6 Å². The Labute approximate surface area is 260 Å². The van der Waals surface area contributed by atoms with Crippen LogP contribution in [-0.2, 0) is 21.4 Å². The van der Waals surface area contributed by atoms with Gasteiger partial charge < -0.3 is 14.2 Å². The fourth-order valence-electron chi connectivity index (χ4n) is 3.92. The van der Waals surface area contributed by atoms with Crippen LogP contribution in [0, 0.1) is 0 Å². The second-order valence-electron chi connectivity index (χ2n) is 9.01. The number of anilines is 1. The lowest BCUT2D eigenvalue weighted by Gasteiger charge is -2.23. The molecule has 0 bridgehead atoms. The molecule has 1 amide bonds. The maximum Gasteiger partial charge on any atom is 0.264 e. The third kappa shape index (κ3) is 8.63. The first-order valence-corrected chi connectivity index (χ1v) is 15.3. The number of amides is 1. The molecule has 12 heteroatoms. The number of nitrogens with zero attached hydrogens (tertiary/aromatic N) is 2. The molecular formula is C31H29Cl2N3O6S. The number of hydrogen-bond donors (Lipinski definition) is 1. The zero-order chi connectivity index (χ0) is 30.8. The lowest BCUT2D eigenvalue weighted by molar-refractivity contribution is -0.119. The van der Waals surface area contributed by atoms with Crippen LogP contribution in [0.1, 0.15) is 18.1 Å². The van der Waals surface area contributed by atoms with Crippen molar-refractivity contribution < 1.29 is 27.4 Å². The van der Waals surface area contributed by atoms with E-state index in [0.717, 1.165) is 9.87 Å². The topological polar surface area (TPSA) is 107 Å². The summed E-state index contributed by atoms with van der Waals surface area (Å²) in [4.78, 5) is 12.9. The quantitative estimate of drug-likeness (QED) is 0.135. The van der Waals surface area contributed by atoms with Gasteiger partial charge in [0, 0.05) is 10.0 Å². The minimum atomic E-state index is -4.12. The Hall–Kier alpha value is -4.25. The first-order valence-electron chi connectivity index (χ1n) is 13.1. The zero-order valence-electron chi connectivity index (χ0n) is 23.4. The van der Waals surface area contributed by atoms with Crippen LogP contribution < -0.4 is 23.9 Å². The molecule has 0 unspecified atom stereocenters. The van der Waals surface area contributed by atoms with Crippen molar-refractivity contribution in [2.45, 2.75) is 18.4 Å². The second kappa shape index (κ2) is 14.8. The van der Waals surface area contributed by atoms with Gasteiger partial charge >= 0.3 is 0 Å². The number of sulfonamides is 1. The number of rotatable bonds is 13. The second-order valence-corrected chi connectivity index (χ2v) is 11.7. The molecule has 0 spiro atoms. The van der Waals surface area contributed by atoms with Crippen molar-refractivity contribution in [3.05, 3.63) is 112 Å². The van der Waals surface area contributed by atoms with Gasteiger partial charge in [0.25, 0.3) is 15.9 Å². The molecule has 0 aromatic heterocycles. The number of carbonyl (C=O) groups is 1. The van der Waals surface area contributed by atoms with E-state index in [0.29, 0.717) is 46.1 Å². The summed E-state index contributed by atoms with van der Waals surface area (Å²) in [5, 5.41) is 5.06. The number of halogens is 2. The van der Waals surface area contributed by atoms with Gasteiger partial charge in [0.15, 0.2) is 11.5 Å². The van der Waals surface area contributed by atoms with Crippen LogP contribution in [0.25, 0.3) is 0 Å². The van der Waals surface area contributed by atoms with Crippen LogP contribution in [0.5, 0.6) is 17.2 Å². The molecular weight excluding hydrogens is 613 g/mol. The Kier molecular flexibility index (Phi) is 10.9. The molecule has 224 valence electrons. The Morgan fingerprint density at radius 2 is 1.65 bits per heavy atom. The molecule has 4 rings (SSSR count). The van der Waals surface area contributed by atoms with E-state index in [2.05, 4.69) is 10.5 Å². The lowest BCUT2D eigenvalue weighted by atomic mass is 10.2. The highest BCUT2D eigenvalue weighted by Crippen LogP contribution is 2.29. The van der Waals surface area contributed by atoms with Gasteiger partial charge in [-0.2, -0.15) is 5.10 Å². The highest BCUT2D eigenvalue weighted by atomic mass is 35.5. The van der Waals surface area contributed by atoms with E-state index >= 15 is 0 Å². The number of hydrazone groups is 1. The van der Waals surface area contributed by atoms with Gasteiger partial charge in [-0.15, -0.1) is 0 Å². The van der Waals surface area contributed by atoms with Crippen molar-refractivity contribution in [1.82, 2.24) is 5.43 Å². The summed E-state index contributed by atoms with van der Waals surface area (Å²) in [6, 6.07) is 24.6. The van der Waals surface area contributed by atoms with Crippen LogP contribution in [0.3, 0.4) is 0 Å². The minimum Gasteiger partial charge on any atom is -0.497 e. The molecule has 0 atom stereocenters. The third-order valence-electron chi connectivity index (χ3n) is 6.00. The average Bonchev–Trinajstić information content (AvgIpc) is 3.00. The van der Waals surface area contributed by atoms with Gasteiger partial charge in [-0.25, -0.2) is 13.8 Å². The smallest absolute Gasteiger partial charge is 0.264 e. The van der Waals surface area contributed by atoms with Gasteiger partial charge in [0.1, 0.15) is 18.9 Å². The molecule has 0 fully saturated rings. The summed E-state index contributed by atoms with van der Waals surface area (Å²) in [6.07, 6.45) is 1.42. The first-order chi connectivity index (χ1) is 20.7. The third-order valence-corrected chi connectivity index (χ3v) is 8.28. The van der Waals surface area contributed by atoms with E-state index in [1.54, 1.807) is 36.4 Å². The number of methoxy groups -OCH3 is 1. The van der Waals surface area contributed by atoms with Crippen molar-refractivity contribution in [3.8, 4) is 17.2 Å². The van der Waals surface area contributed by atoms with Crippen LogP contribution >= 0.6 is 23.2 Å². The molecule has 0 saturated carbocycles. The van der Waals surface area contributed by atoms with Gasteiger partial charge in [-0.05, 0) is 96.9 Å². The maximum absolute atomic E-state index is 13.5. The Bertz CT molecular complexity index is 1680. The Morgan fingerprint density at radius 3 is 2.33 bits per heavy atom. The predicted octanol–water partition coefficient (Wildman–Crippen LogP) is 6.33. The number of nitrogens with one attached hydrogen (secondary N) is 1. The van der Waals surface area contributed by atoms with Gasteiger partial charge in [0.2, 0.25) is 0 Å². The lowest BCUT2D eigenvalue weighted by Crippen LogP contribution is -2.39. The molecule has 1 N–H and O–H groups in total. The molecule has 0 radical (unpaired) electrons. The van der Waals surface area contributed by atoms with E-state index < -0.39 is 22.5 Å². The fraction of sp³-hybridized carbons (Fsp3) is 0.161. The van der Waals surface area contributed by atoms with Gasteiger partial charge in [-0.3, -0.25) is 9.10 Å². The summed E-state index contributed by atoms with van der Waals surface area (Å²) < 4.78 is 44.8. The molecule has 4 aromatic rings. The summed E-state index contributed by atoms with van der Waals surface area (Å²) in [6.45, 7) is 2.03. The Balaban J connectivity index is 1.47. The van der Waals surface area contributed by atoms with Crippen molar-refractivity contribution in [1.29, 1.82) is 0 Å². The normalized spacial score (nSPS) is 11.3. The largest absolute Gasteiger partial charge is 0.497 e. The molecule has 0 saturated heterocycles. The van der Waals surface area contributed by atoms with E-state index in [1.807, 2.05) is 25.1 Å². The molecule has 0 aliphatic heterocycles. The minimum absolute atomic E-state index is 0.0133. The zero-order valence-corrected chi connectivity index (χ0v) is 25.7. The van der Waals surface area contributed by atoms with Crippen LogP contribution in [-0.4, -0.2) is 40.8 Å². The average molecular weight is 643 g/mol. The van der Waals surface area contributed by atoms with Gasteiger partial charge in [-0.1, -0.05) is 35.3 Å². The van der Waals surface area contributed by atoms with Crippen molar-refractivity contribution in [3.63, 3.8) is 0 Å². The predicted molar refractivity (Wildman–Crippen MR) is 168 cm³/mol. The highest BCUT2D eigenvalue weighted by molar-refractivity contribution is 7.92. The maximum atomic E-state index is 13.5. The Morgan fingerprint density at radius 1 is 0.907 bits per heavy atom. The monoisotopic (exact) mass is 641 g/mol. The molecule has 0 heterocycles. The van der Waals surface area contributed by atoms with Crippen LogP contribution in [0.15, 0.2) is 101 Å². The van der Waals surface area contributed by atoms with Crippen molar-refractivity contribution >= 4 is 51.0 Å². The first kappa shape index (κ1) is 31.7. The standard InChI is InChI=1S/C31H29Cl2N3O6S/c1-3-41-30-18-22(7-16-29(30)42-21-23-5-4-6-25(33)17-23)19-34-35-31(37)20-36(26-10-8-24(32)9-11-26)43(38,39)28-14-12-27(40-2)13-15-28/h4-19H,3,20-21H2,1-2H3,(H,35,37)/b34-19+. The van der Waals surface area contributed by atoms with Crippen LogP contribution in [0.2, 0.25) is 10.0 Å². The van der Waals surface area contributed by atoms with E-state index in [9.17, 15) is 13.2 Å². The molecule has 9 nitrogen and oxygen atoms in total. The van der Waals surface area contributed by atoms with E-state index in [-0.39, 0.29) is 10.6 Å². The number of benzene rings is 4. The molecule has 4 aromatic carbocycles. The van der Waals surface area contributed by atoms with Gasteiger partial charge in [0.05, 0.1) is 30.5 Å². The highest BCUT2D eigenvalue weighted by Gasteiger charge is 2.27. The molecule has 0 aliphatic carbocycles. The number of hydrogen-bond acceptors (Lipinski definition) is 7. The van der Waals surface area contributed by atoms with Crippen LogP contribution in [0.4, 0.5) is 5.69 Å². The summed E-state index contributed by atoms with van der Waals surface area (Å²) in [5.41, 5.74) is 4.19. The fourth-order valence-corrected chi connectivity index (χ4v) is 5.68. The molecule has 0 aliphatic rings. The molecule has 43 heavy (non-hydrogen) atoms.